The number of benzene rings is 2. The van der Waals surface area contributed by atoms with Crippen LogP contribution in [0, 0.1) is 5.92 Å². The smallest absolute Gasteiger partial charge is 0.0759 e. The molecule has 3 heteroatoms. The number of fused-ring (bicyclic) bond motifs is 1. The minimum atomic E-state index is 0.439. The van der Waals surface area contributed by atoms with Crippen LogP contribution < -0.4 is 5.73 Å². The summed E-state index contributed by atoms with van der Waals surface area (Å²) >= 11 is 5.11. The number of piperidine rings is 1. The molecule has 0 aliphatic carbocycles. The lowest BCUT2D eigenvalue weighted by Gasteiger charge is -2.31. The molecule has 2 N–H and O–H groups in total. The molecule has 2 aromatic rings. The van der Waals surface area contributed by atoms with Gasteiger partial charge in [0.15, 0.2) is 0 Å². The highest BCUT2D eigenvalue weighted by Crippen LogP contribution is 2.23. The summed E-state index contributed by atoms with van der Waals surface area (Å²) in [7, 11) is 0. The number of likely N-dealkylation sites (tertiary alicyclic amines) is 1. The number of nitrogens with zero attached hydrogens (tertiary/aromatic N) is 1. The average molecular weight is 284 g/mol. The molecule has 1 saturated heterocycles. The Bertz CT molecular complexity index is 610. The Morgan fingerprint density at radius 1 is 1.10 bits per heavy atom. The van der Waals surface area contributed by atoms with Crippen molar-refractivity contribution in [2.75, 3.05) is 13.1 Å². The molecular formula is C17H20N2S. The normalized spacial score (nSPS) is 17.4. The molecule has 0 aromatic heterocycles. The molecular weight excluding hydrogens is 264 g/mol. The van der Waals surface area contributed by atoms with Crippen molar-refractivity contribution in [2.24, 2.45) is 11.7 Å². The third kappa shape index (κ3) is 2.84. The second-order valence-corrected chi connectivity index (χ2v) is 6.06. The van der Waals surface area contributed by atoms with Crippen molar-refractivity contribution in [3.8, 4) is 0 Å². The summed E-state index contributed by atoms with van der Waals surface area (Å²) < 4.78 is 0. The van der Waals surface area contributed by atoms with Crippen LogP contribution in [0.15, 0.2) is 42.5 Å². The lowest BCUT2D eigenvalue weighted by atomic mass is 9.96. The highest BCUT2D eigenvalue weighted by molar-refractivity contribution is 7.80. The van der Waals surface area contributed by atoms with Crippen molar-refractivity contribution < 1.29 is 0 Å². The van der Waals surface area contributed by atoms with Gasteiger partial charge >= 0.3 is 0 Å². The van der Waals surface area contributed by atoms with Crippen LogP contribution in [0.4, 0.5) is 0 Å². The fraction of sp³-hybridized carbons (Fsp3) is 0.353. The second kappa shape index (κ2) is 5.90. The Morgan fingerprint density at radius 2 is 1.80 bits per heavy atom. The molecule has 2 nitrogen and oxygen atoms in total. The molecule has 0 saturated carbocycles. The Morgan fingerprint density at radius 3 is 2.55 bits per heavy atom. The van der Waals surface area contributed by atoms with Gasteiger partial charge in [0.05, 0.1) is 4.99 Å². The Labute approximate surface area is 125 Å². The van der Waals surface area contributed by atoms with E-state index < -0.39 is 0 Å². The van der Waals surface area contributed by atoms with Gasteiger partial charge < -0.3 is 5.73 Å². The highest BCUT2D eigenvalue weighted by atomic mass is 32.1. The minimum absolute atomic E-state index is 0.439. The van der Waals surface area contributed by atoms with E-state index in [1.54, 1.807) is 0 Å². The molecule has 0 bridgehead atoms. The van der Waals surface area contributed by atoms with Crippen molar-refractivity contribution in [3.63, 3.8) is 0 Å². The molecule has 0 atom stereocenters. The molecule has 104 valence electrons. The Hall–Kier alpha value is -1.45. The van der Waals surface area contributed by atoms with E-state index in [2.05, 4.69) is 47.4 Å². The number of thiocarbonyl (C=S) groups is 1. The standard InChI is InChI=1S/C17H20N2S/c18-17(20)14-8-10-19(11-9-14)12-15-6-3-5-13-4-1-2-7-16(13)15/h1-7,14H,8-12H2,(H2,18,20). The Balaban J connectivity index is 1.73. The summed E-state index contributed by atoms with van der Waals surface area (Å²) in [5.74, 6) is 0.439. The first-order valence-corrected chi connectivity index (χ1v) is 7.63. The van der Waals surface area contributed by atoms with Gasteiger partial charge in [-0.05, 0) is 42.3 Å². The van der Waals surface area contributed by atoms with Crippen LogP contribution in [0.25, 0.3) is 10.8 Å². The van der Waals surface area contributed by atoms with Gasteiger partial charge in [0, 0.05) is 12.5 Å². The van der Waals surface area contributed by atoms with E-state index in [-0.39, 0.29) is 0 Å². The van der Waals surface area contributed by atoms with E-state index in [1.807, 2.05) is 0 Å². The van der Waals surface area contributed by atoms with E-state index in [1.165, 1.54) is 16.3 Å². The molecule has 0 amide bonds. The zero-order valence-corrected chi connectivity index (χ0v) is 12.4. The third-order valence-electron chi connectivity index (χ3n) is 4.26. The number of nitrogens with two attached hydrogens (primary N) is 1. The van der Waals surface area contributed by atoms with Crippen LogP contribution >= 0.6 is 12.2 Å². The first-order valence-electron chi connectivity index (χ1n) is 7.22. The molecule has 20 heavy (non-hydrogen) atoms. The van der Waals surface area contributed by atoms with E-state index in [0.29, 0.717) is 10.9 Å². The van der Waals surface area contributed by atoms with E-state index in [9.17, 15) is 0 Å². The van der Waals surface area contributed by atoms with Crippen LogP contribution in [-0.4, -0.2) is 23.0 Å². The predicted octanol–water partition coefficient (Wildman–Crippen LogP) is 3.34. The van der Waals surface area contributed by atoms with E-state index >= 15 is 0 Å². The molecule has 0 unspecified atom stereocenters. The number of rotatable bonds is 3. The predicted molar refractivity (Wildman–Crippen MR) is 88.7 cm³/mol. The first-order chi connectivity index (χ1) is 9.74. The Kier molecular flexibility index (Phi) is 3.99. The lowest BCUT2D eigenvalue weighted by molar-refractivity contribution is 0.203. The van der Waals surface area contributed by atoms with Gasteiger partial charge in [0.25, 0.3) is 0 Å². The zero-order chi connectivity index (χ0) is 13.9. The van der Waals surface area contributed by atoms with Crippen LogP contribution in [0.3, 0.4) is 0 Å². The van der Waals surface area contributed by atoms with E-state index in [0.717, 1.165) is 32.5 Å². The maximum Gasteiger partial charge on any atom is 0.0759 e. The summed E-state index contributed by atoms with van der Waals surface area (Å²) in [6, 6.07) is 15.2. The minimum Gasteiger partial charge on any atom is -0.393 e. The SMILES string of the molecule is NC(=S)C1CCN(Cc2cccc3ccccc23)CC1. The molecule has 3 rings (SSSR count). The monoisotopic (exact) mass is 284 g/mol. The summed E-state index contributed by atoms with van der Waals surface area (Å²) in [5.41, 5.74) is 7.17. The maximum absolute atomic E-state index is 5.75. The van der Waals surface area contributed by atoms with Gasteiger partial charge in [-0.2, -0.15) is 0 Å². The lowest BCUT2D eigenvalue weighted by Crippen LogP contribution is -2.37. The van der Waals surface area contributed by atoms with Crippen molar-refractivity contribution in [2.45, 2.75) is 19.4 Å². The molecule has 0 spiro atoms. The van der Waals surface area contributed by atoms with Crippen molar-refractivity contribution >= 4 is 28.0 Å². The number of hydrogen-bond acceptors (Lipinski definition) is 2. The van der Waals surface area contributed by atoms with Crippen LogP contribution in [0.5, 0.6) is 0 Å². The topological polar surface area (TPSA) is 29.3 Å². The van der Waals surface area contributed by atoms with Gasteiger partial charge in [-0.1, -0.05) is 54.7 Å². The molecule has 1 aliphatic rings. The fourth-order valence-electron chi connectivity index (χ4n) is 3.05. The average Bonchev–Trinajstić information content (AvgIpc) is 2.48. The van der Waals surface area contributed by atoms with E-state index in [4.69, 9.17) is 18.0 Å². The molecule has 0 radical (unpaired) electrons. The maximum atomic E-state index is 5.75. The quantitative estimate of drug-likeness (QED) is 0.877. The van der Waals surface area contributed by atoms with Crippen molar-refractivity contribution in [3.05, 3.63) is 48.0 Å². The van der Waals surface area contributed by atoms with Crippen molar-refractivity contribution in [1.29, 1.82) is 0 Å². The zero-order valence-electron chi connectivity index (χ0n) is 11.6. The molecule has 1 heterocycles. The van der Waals surface area contributed by atoms with Crippen molar-refractivity contribution in [1.82, 2.24) is 4.90 Å². The first kappa shape index (κ1) is 13.5. The van der Waals surface area contributed by atoms with Crippen LogP contribution in [0.2, 0.25) is 0 Å². The van der Waals surface area contributed by atoms with Gasteiger partial charge in [-0.25, -0.2) is 0 Å². The molecule has 1 aliphatic heterocycles. The number of hydrogen-bond donors (Lipinski definition) is 1. The molecule has 1 fully saturated rings. The van der Waals surface area contributed by atoms with Crippen LogP contribution in [-0.2, 0) is 6.54 Å². The van der Waals surface area contributed by atoms with Gasteiger partial charge in [-0.3, -0.25) is 4.90 Å². The largest absolute Gasteiger partial charge is 0.393 e. The summed E-state index contributed by atoms with van der Waals surface area (Å²) in [4.78, 5) is 3.20. The van der Waals surface area contributed by atoms with Gasteiger partial charge in [0.1, 0.15) is 0 Å². The third-order valence-corrected chi connectivity index (χ3v) is 4.60. The highest BCUT2D eigenvalue weighted by Gasteiger charge is 2.21. The second-order valence-electron chi connectivity index (χ2n) is 5.59. The fourth-order valence-corrected chi connectivity index (χ4v) is 3.28. The molecule has 2 aromatic carbocycles. The van der Waals surface area contributed by atoms with Gasteiger partial charge in [-0.15, -0.1) is 0 Å². The van der Waals surface area contributed by atoms with Crippen LogP contribution in [0.1, 0.15) is 18.4 Å². The summed E-state index contributed by atoms with van der Waals surface area (Å²) in [6.45, 7) is 3.20. The van der Waals surface area contributed by atoms with Gasteiger partial charge in [0.2, 0.25) is 0 Å². The summed E-state index contributed by atoms with van der Waals surface area (Å²) in [5, 5.41) is 2.69. The summed E-state index contributed by atoms with van der Waals surface area (Å²) in [6.07, 6.45) is 2.19.